The van der Waals surface area contributed by atoms with Gasteiger partial charge in [0.05, 0.1) is 50.2 Å². The predicted octanol–water partition coefficient (Wildman–Crippen LogP) is 24.4. The van der Waals surface area contributed by atoms with Crippen molar-refractivity contribution in [1.29, 1.82) is 0 Å². The Balaban J connectivity index is 0.000000114. The first-order valence-corrected chi connectivity index (χ1v) is 47.5. The number of aromatic amines is 4. The molecule has 7 aromatic heterocycles. The van der Waals surface area contributed by atoms with E-state index in [1.165, 1.54) is 62.8 Å². The number of anilines is 1. The summed E-state index contributed by atoms with van der Waals surface area (Å²) in [7, 11) is 0. The van der Waals surface area contributed by atoms with Crippen LogP contribution in [-0.2, 0) is 55.0 Å². The Hall–Kier alpha value is -12.3. The fourth-order valence-electron chi connectivity index (χ4n) is 18.8. The number of rotatable bonds is 20. The van der Waals surface area contributed by atoms with E-state index in [-0.39, 0.29) is 48.8 Å². The first-order chi connectivity index (χ1) is 64.6. The van der Waals surface area contributed by atoms with E-state index in [9.17, 15) is 9.59 Å². The van der Waals surface area contributed by atoms with Crippen molar-refractivity contribution < 1.29 is 33.3 Å². The Morgan fingerprint density at radius 3 is 1.42 bits per heavy atom. The summed E-state index contributed by atoms with van der Waals surface area (Å²) >= 11 is 40.4. The van der Waals surface area contributed by atoms with Gasteiger partial charge in [-0.2, -0.15) is 0 Å². The van der Waals surface area contributed by atoms with Crippen LogP contribution in [0.1, 0.15) is 123 Å². The van der Waals surface area contributed by atoms with Gasteiger partial charge < -0.3 is 72.4 Å². The Morgan fingerprint density at radius 2 is 0.886 bits per heavy atom. The smallest absolute Gasteiger partial charge is 0.416 e. The lowest BCUT2D eigenvalue weighted by Crippen LogP contribution is -2.42. The lowest BCUT2D eigenvalue weighted by molar-refractivity contribution is -0.153. The molecule has 5 unspecified atom stereocenters. The summed E-state index contributed by atoms with van der Waals surface area (Å²) in [6.45, 7) is 7.64. The maximum atomic E-state index is 13.4. The molecule has 5 N–H and O–H groups in total. The number of nitrogens with zero attached hydrogens (tertiary/aromatic N) is 9. The van der Waals surface area contributed by atoms with E-state index in [2.05, 4.69) is 168 Å². The maximum Gasteiger partial charge on any atom is 0.416 e. The third kappa shape index (κ3) is 20.2. The summed E-state index contributed by atoms with van der Waals surface area (Å²) in [4.78, 5) is 59.7. The number of esters is 1. The zero-order valence-corrected chi connectivity index (χ0v) is 78.1. The molecule has 22 rings (SSSR count). The standard InChI is InChI=1S/C29H28ClN5O3.C28H25Cl2N3O2.C24H18BrClN2OS.C23H23ClN4O/c30-21-4-9-26-25(16-21)23-7-8-24(29(36)38-19-35-14-11-32-18-35)27(28(23)33-26)20-2-5-22(6-3-20)37-15-1-12-34-13-10-31-17-34;29-19-5-10-22(11-6-19)35-28(34)33-16-13-23-24-17-20(30)7-12-25(24)31-26(23)27(33)18-3-8-21(9-4-18)32-14-1-2-15-32;25-16-8-6-15(7-9-16)23-22-19(20-14-17(26)10-11-21(20)27-22)12-13-28(23)24(30)29-18-4-2-1-3-5-18;24-17-4-7-21-20(14-17)19-8-9-26-22(23(19)27-21)16-2-5-18(6-3-16)29-13-1-11-28-12-10-25-15-28/h2-6,9-11,13-14,16-18,24,27,33H,1,7-8,12,15,19H2;3-12,17,27,31H,1-2,13-16H2;1-11,14,23,27H,12-13H2;2-7,10,12,14-15,22,26-27H,1,8-9,11,13H2. The maximum absolute atomic E-state index is 13.4. The lowest BCUT2D eigenvalue weighted by Gasteiger charge is -2.37. The van der Waals surface area contributed by atoms with Gasteiger partial charge >= 0.3 is 12.1 Å². The summed E-state index contributed by atoms with van der Waals surface area (Å²) in [6.07, 6.45) is 24.2. The van der Waals surface area contributed by atoms with Crippen LogP contribution in [0.3, 0.4) is 0 Å². The van der Waals surface area contributed by atoms with Gasteiger partial charge in [-0.3, -0.25) is 9.69 Å². The molecule has 132 heavy (non-hydrogen) atoms. The second kappa shape index (κ2) is 40.8. The normalized spacial score (nSPS) is 16.7. The van der Waals surface area contributed by atoms with Crippen LogP contribution in [0.25, 0.3) is 43.6 Å². The van der Waals surface area contributed by atoms with Crippen molar-refractivity contribution in [3.8, 4) is 23.0 Å². The van der Waals surface area contributed by atoms with Gasteiger partial charge in [0.2, 0.25) is 0 Å². The van der Waals surface area contributed by atoms with E-state index < -0.39 is 0 Å². The van der Waals surface area contributed by atoms with Gasteiger partial charge in [-0.1, -0.05) is 141 Å². The molecule has 10 aromatic carbocycles. The number of para-hydroxylation sites is 1. The van der Waals surface area contributed by atoms with Crippen molar-refractivity contribution in [3.63, 3.8) is 0 Å². The van der Waals surface area contributed by atoms with Crippen molar-refractivity contribution in [2.24, 2.45) is 5.92 Å². The number of fused-ring (bicyclic) bond motifs is 12. The monoisotopic (exact) mass is 1940 g/mol. The van der Waals surface area contributed by atoms with Crippen LogP contribution in [0.2, 0.25) is 25.1 Å². The van der Waals surface area contributed by atoms with E-state index >= 15 is 0 Å². The van der Waals surface area contributed by atoms with E-state index in [4.69, 9.17) is 93.9 Å². The first-order valence-electron chi connectivity index (χ1n) is 44.4. The molecule has 11 heterocycles. The van der Waals surface area contributed by atoms with E-state index in [0.29, 0.717) is 58.6 Å². The quantitative estimate of drug-likeness (QED) is 0.0272. The number of aromatic nitrogens is 10. The number of carbonyl (C=O) groups excluding carboxylic acids is 2. The zero-order chi connectivity index (χ0) is 90.1. The van der Waals surface area contributed by atoms with Crippen molar-refractivity contribution in [2.75, 3.05) is 50.8 Å². The number of H-pyrrole nitrogens is 4. The highest BCUT2D eigenvalue weighted by Crippen LogP contribution is 2.47. The molecule has 1 amide bonds. The molecule has 28 heteroatoms. The molecule has 1 saturated heterocycles. The Labute approximate surface area is 802 Å². The van der Waals surface area contributed by atoms with Crippen molar-refractivity contribution >= 4 is 153 Å². The summed E-state index contributed by atoms with van der Waals surface area (Å²) < 4.78 is 36.3. The number of benzene rings is 10. The van der Waals surface area contributed by atoms with E-state index in [0.717, 1.165) is 170 Å². The molecule has 5 atom stereocenters. The molecule has 17 aromatic rings. The van der Waals surface area contributed by atoms with Crippen molar-refractivity contribution in [3.05, 3.63) is 377 Å². The van der Waals surface area contributed by atoms with E-state index in [1.807, 2.05) is 133 Å². The first kappa shape index (κ1) is 89.0. The van der Waals surface area contributed by atoms with Gasteiger partial charge in [0.1, 0.15) is 29.0 Å². The zero-order valence-electron chi connectivity index (χ0n) is 71.9. The van der Waals surface area contributed by atoms with Gasteiger partial charge in [-0.15, -0.1) is 0 Å². The van der Waals surface area contributed by atoms with Crippen LogP contribution in [0.15, 0.2) is 285 Å². The molecule has 0 spiro atoms. The largest absolute Gasteiger partial charge is 0.494 e. The number of aryl methyl sites for hydroxylation is 3. The van der Waals surface area contributed by atoms with Gasteiger partial charge in [0.25, 0.3) is 5.17 Å². The number of nitrogens with one attached hydrogen (secondary N) is 5. The number of thiocarbonyl (C=S) groups is 1. The van der Waals surface area contributed by atoms with Gasteiger partial charge in [-0.05, 0) is 272 Å². The third-order valence-corrected chi connectivity index (χ3v) is 27.2. The molecule has 21 nitrogen and oxygen atoms in total. The van der Waals surface area contributed by atoms with Crippen LogP contribution in [0, 0.1) is 5.92 Å². The molecule has 1 aliphatic carbocycles. The summed E-state index contributed by atoms with van der Waals surface area (Å²) in [5.41, 5.74) is 19.5. The SMILES string of the molecule is Clc1ccc2[nH]c3c(c2c1)CCNC3c1ccc(OCCCn2ccnc2)cc1.O=C(OCn1ccnc1)C1CCc2c([nH]c3ccc(Cl)cc23)C1c1ccc(OCCCn2ccnc2)cc1.O=C(Oc1ccc(Cl)cc1)N1CCc2c([nH]c3ccc(Cl)cc23)C1c1ccc(N2CCCC2)cc1.S=C(Oc1ccccc1)N1CCc2c([nH]c3ccc(Cl)cc23)C1c1ccc(Br)cc1. The third-order valence-electron chi connectivity index (χ3n) is 25.2. The Morgan fingerprint density at radius 1 is 0.439 bits per heavy atom. The van der Waals surface area contributed by atoms with E-state index in [1.54, 1.807) is 64.8 Å². The molecular weight excluding hydrogens is 1850 g/mol. The van der Waals surface area contributed by atoms with Crippen LogP contribution < -0.4 is 29.2 Å². The highest BCUT2D eigenvalue weighted by molar-refractivity contribution is 9.10. The van der Waals surface area contributed by atoms with Gasteiger partial charge in [0, 0.05) is 191 Å². The minimum Gasteiger partial charge on any atom is -0.494 e. The molecule has 670 valence electrons. The second-order valence-electron chi connectivity index (χ2n) is 33.4. The number of carbonyl (C=O) groups is 2. The average Bonchev–Trinajstić information content (AvgIpc) is 1.52. The number of halogens is 6. The highest BCUT2D eigenvalue weighted by atomic mass is 79.9. The van der Waals surface area contributed by atoms with Gasteiger partial charge in [-0.25, -0.2) is 19.7 Å². The van der Waals surface area contributed by atoms with Crippen LogP contribution in [0.5, 0.6) is 23.0 Å². The Bertz CT molecular complexity index is 6860. The number of hydrogen-bond acceptors (Lipinski definition) is 13. The molecular formula is C104H94BrCl5N14O7S. The Kier molecular flexibility index (Phi) is 27.5. The van der Waals surface area contributed by atoms with Gasteiger partial charge in [0.15, 0.2) is 6.73 Å². The molecule has 0 saturated carbocycles. The lowest BCUT2D eigenvalue weighted by atomic mass is 9.74. The van der Waals surface area contributed by atoms with Crippen molar-refractivity contribution in [1.82, 2.24) is 63.7 Å². The molecule has 0 bridgehead atoms. The van der Waals surface area contributed by atoms with Crippen LogP contribution >= 0.6 is 86.2 Å². The summed E-state index contributed by atoms with van der Waals surface area (Å²) in [5, 5.41) is 12.3. The average molecular weight is 1940 g/mol. The summed E-state index contributed by atoms with van der Waals surface area (Å²) in [5.74, 6) is 2.21. The molecule has 4 aliphatic heterocycles. The number of imidazole rings is 3. The molecule has 1 fully saturated rings. The fourth-order valence-corrected chi connectivity index (χ4v) is 20.2. The molecule has 5 aliphatic rings. The predicted molar refractivity (Wildman–Crippen MR) is 530 cm³/mol. The van der Waals surface area contributed by atoms with Crippen LogP contribution in [-0.4, -0.2) is 122 Å². The number of amides is 1. The van der Waals surface area contributed by atoms with Crippen LogP contribution in [0.4, 0.5) is 10.5 Å². The molecule has 0 radical (unpaired) electrons. The second-order valence-corrected chi connectivity index (χ2v) is 36.9. The summed E-state index contributed by atoms with van der Waals surface area (Å²) in [6, 6.07) is 73.6. The number of hydrogen-bond donors (Lipinski definition) is 5. The minimum absolute atomic E-state index is 0.0655. The highest BCUT2D eigenvalue weighted by Gasteiger charge is 2.41. The minimum atomic E-state index is -0.386. The topological polar surface area (TPSA) is 219 Å². The number of ether oxygens (including phenoxy) is 5. The fraction of sp³-hybridized carbons (Fsp3) is 0.231. The van der Waals surface area contributed by atoms with Crippen molar-refractivity contribution in [2.45, 2.75) is 102 Å².